The van der Waals surface area contributed by atoms with E-state index in [1.807, 2.05) is 24.3 Å². The van der Waals surface area contributed by atoms with E-state index >= 15 is 0 Å². The summed E-state index contributed by atoms with van der Waals surface area (Å²) in [6, 6.07) is 8.00. The minimum atomic E-state index is -0.280. The maximum absolute atomic E-state index is 9.14. The molecule has 0 heterocycles. The van der Waals surface area contributed by atoms with Gasteiger partial charge in [-0.3, -0.25) is 0 Å². The van der Waals surface area contributed by atoms with Gasteiger partial charge in [-0.05, 0) is 24.5 Å². The van der Waals surface area contributed by atoms with Crippen LogP contribution < -0.4 is 5.73 Å². The monoisotopic (exact) mass is 165 g/mol. The number of aliphatic hydroxyl groups is 1. The lowest BCUT2D eigenvalue weighted by molar-refractivity contribution is 0.195. The summed E-state index contributed by atoms with van der Waals surface area (Å²) in [7, 11) is 0. The molecule has 66 valence electrons. The van der Waals surface area contributed by atoms with Gasteiger partial charge >= 0.3 is 0 Å². The number of nitrogens with two attached hydrogens (primary N) is 1. The van der Waals surface area contributed by atoms with Crippen molar-refractivity contribution in [3.05, 3.63) is 35.4 Å². The summed E-state index contributed by atoms with van der Waals surface area (Å²) in [5.74, 6) is 0. The molecule has 2 nitrogen and oxygen atoms in total. The second kappa shape index (κ2) is 4.24. The van der Waals surface area contributed by atoms with Gasteiger partial charge in [-0.25, -0.2) is 0 Å². The second-order valence-corrected chi connectivity index (χ2v) is 3.08. The second-order valence-electron chi connectivity index (χ2n) is 3.08. The van der Waals surface area contributed by atoms with Gasteiger partial charge in [-0.1, -0.05) is 24.3 Å². The highest BCUT2D eigenvalue weighted by Gasteiger charge is 1.98. The predicted molar refractivity (Wildman–Crippen MR) is 49.7 cm³/mol. The van der Waals surface area contributed by atoms with Gasteiger partial charge in [0.2, 0.25) is 0 Å². The van der Waals surface area contributed by atoms with Gasteiger partial charge in [0.1, 0.15) is 0 Å². The van der Waals surface area contributed by atoms with Crippen LogP contribution in [0.1, 0.15) is 18.1 Å². The van der Waals surface area contributed by atoms with Crippen molar-refractivity contribution in [3.8, 4) is 0 Å². The standard InChI is InChI=1S/C10H15NO/c1-8(12)5-9-3-2-4-10(6-9)7-11/h2-4,6,8,12H,5,7,11H2,1H3. The van der Waals surface area contributed by atoms with E-state index in [1.54, 1.807) is 6.92 Å². The van der Waals surface area contributed by atoms with Crippen LogP contribution in [0.25, 0.3) is 0 Å². The molecule has 3 N–H and O–H groups in total. The van der Waals surface area contributed by atoms with Crippen molar-refractivity contribution in [2.45, 2.75) is 26.0 Å². The zero-order chi connectivity index (χ0) is 8.97. The molecule has 0 fully saturated rings. The summed E-state index contributed by atoms with van der Waals surface area (Å²) in [6.45, 7) is 2.35. The van der Waals surface area contributed by atoms with Crippen LogP contribution in [0.15, 0.2) is 24.3 Å². The van der Waals surface area contributed by atoms with E-state index in [1.165, 1.54) is 0 Å². The Morgan fingerprint density at radius 3 is 2.67 bits per heavy atom. The summed E-state index contributed by atoms with van der Waals surface area (Å²) in [6.07, 6.45) is 0.423. The Hall–Kier alpha value is -0.860. The Kier molecular flexibility index (Phi) is 3.26. The summed E-state index contributed by atoms with van der Waals surface area (Å²) < 4.78 is 0. The number of benzene rings is 1. The Morgan fingerprint density at radius 1 is 1.42 bits per heavy atom. The van der Waals surface area contributed by atoms with Gasteiger partial charge in [-0.2, -0.15) is 0 Å². The van der Waals surface area contributed by atoms with Gasteiger partial charge in [0.15, 0.2) is 0 Å². The van der Waals surface area contributed by atoms with Crippen LogP contribution in [0.4, 0.5) is 0 Å². The van der Waals surface area contributed by atoms with Crippen LogP contribution in [0.2, 0.25) is 0 Å². The van der Waals surface area contributed by atoms with Crippen LogP contribution in [-0.2, 0) is 13.0 Å². The normalized spacial score (nSPS) is 12.9. The minimum Gasteiger partial charge on any atom is -0.393 e. The summed E-state index contributed by atoms with van der Waals surface area (Å²) in [5, 5.41) is 9.14. The molecule has 12 heavy (non-hydrogen) atoms. The highest BCUT2D eigenvalue weighted by Crippen LogP contribution is 2.06. The lowest BCUT2D eigenvalue weighted by atomic mass is 10.1. The van der Waals surface area contributed by atoms with E-state index in [0.717, 1.165) is 11.1 Å². The van der Waals surface area contributed by atoms with Crippen LogP contribution in [0.5, 0.6) is 0 Å². The quantitative estimate of drug-likeness (QED) is 0.703. The molecule has 1 unspecified atom stereocenters. The maximum Gasteiger partial charge on any atom is 0.0552 e. The van der Waals surface area contributed by atoms with Crippen LogP contribution in [0.3, 0.4) is 0 Å². The Labute approximate surface area is 73.0 Å². The first-order valence-corrected chi connectivity index (χ1v) is 4.18. The molecule has 0 spiro atoms. The highest BCUT2D eigenvalue weighted by atomic mass is 16.3. The first-order valence-electron chi connectivity index (χ1n) is 4.18. The van der Waals surface area contributed by atoms with E-state index in [9.17, 15) is 0 Å². The molecular formula is C10H15NO. The third-order valence-corrected chi connectivity index (χ3v) is 1.76. The molecule has 0 aliphatic heterocycles. The zero-order valence-corrected chi connectivity index (χ0v) is 7.33. The van der Waals surface area contributed by atoms with Crippen molar-refractivity contribution in [1.82, 2.24) is 0 Å². The van der Waals surface area contributed by atoms with Crippen LogP contribution in [0, 0.1) is 0 Å². The molecule has 0 aliphatic carbocycles. The Morgan fingerprint density at radius 2 is 2.08 bits per heavy atom. The van der Waals surface area contributed by atoms with Gasteiger partial charge in [0.05, 0.1) is 6.10 Å². The Balaban J connectivity index is 2.72. The molecular weight excluding hydrogens is 150 g/mol. The van der Waals surface area contributed by atoms with Crippen molar-refractivity contribution >= 4 is 0 Å². The maximum atomic E-state index is 9.14. The van der Waals surface area contributed by atoms with Crippen molar-refractivity contribution in [3.63, 3.8) is 0 Å². The van der Waals surface area contributed by atoms with Crippen molar-refractivity contribution < 1.29 is 5.11 Å². The molecule has 0 bridgehead atoms. The molecule has 0 amide bonds. The molecule has 1 rings (SSSR count). The topological polar surface area (TPSA) is 46.2 Å². The molecule has 2 heteroatoms. The number of hydrogen-bond acceptors (Lipinski definition) is 2. The fourth-order valence-corrected chi connectivity index (χ4v) is 1.22. The van der Waals surface area contributed by atoms with Crippen LogP contribution in [-0.4, -0.2) is 11.2 Å². The van der Waals surface area contributed by atoms with Gasteiger partial charge in [0.25, 0.3) is 0 Å². The largest absolute Gasteiger partial charge is 0.393 e. The number of hydrogen-bond donors (Lipinski definition) is 2. The number of rotatable bonds is 3. The Bertz CT molecular complexity index is 245. The predicted octanol–water partition coefficient (Wildman–Crippen LogP) is 1.07. The van der Waals surface area contributed by atoms with Gasteiger partial charge in [-0.15, -0.1) is 0 Å². The van der Waals surface area contributed by atoms with E-state index in [0.29, 0.717) is 13.0 Å². The first-order chi connectivity index (χ1) is 5.72. The van der Waals surface area contributed by atoms with Gasteiger partial charge in [0, 0.05) is 6.54 Å². The zero-order valence-electron chi connectivity index (χ0n) is 7.33. The number of aliphatic hydroxyl groups excluding tert-OH is 1. The van der Waals surface area contributed by atoms with E-state index in [2.05, 4.69) is 0 Å². The van der Waals surface area contributed by atoms with Crippen molar-refractivity contribution in [2.24, 2.45) is 5.73 Å². The molecule has 0 aromatic heterocycles. The summed E-state index contributed by atoms with van der Waals surface area (Å²) in [4.78, 5) is 0. The summed E-state index contributed by atoms with van der Waals surface area (Å²) in [5.41, 5.74) is 7.75. The highest BCUT2D eigenvalue weighted by molar-refractivity contribution is 5.23. The molecule has 0 aliphatic rings. The minimum absolute atomic E-state index is 0.280. The fraction of sp³-hybridized carbons (Fsp3) is 0.400. The fourth-order valence-electron chi connectivity index (χ4n) is 1.22. The van der Waals surface area contributed by atoms with Crippen molar-refractivity contribution in [1.29, 1.82) is 0 Å². The van der Waals surface area contributed by atoms with Crippen molar-refractivity contribution in [2.75, 3.05) is 0 Å². The third kappa shape index (κ3) is 2.64. The molecule has 0 radical (unpaired) electrons. The smallest absolute Gasteiger partial charge is 0.0552 e. The molecule has 1 aromatic carbocycles. The lowest BCUT2D eigenvalue weighted by Crippen LogP contribution is -2.05. The molecule has 0 saturated heterocycles. The molecule has 0 saturated carbocycles. The van der Waals surface area contributed by atoms with E-state index < -0.39 is 0 Å². The van der Waals surface area contributed by atoms with Gasteiger partial charge < -0.3 is 10.8 Å². The lowest BCUT2D eigenvalue weighted by Gasteiger charge is -2.05. The average Bonchev–Trinajstić information content (AvgIpc) is 2.03. The summed E-state index contributed by atoms with van der Waals surface area (Å²) >= 11 is 0. The molecule has 1 aromatic rings. The van der Waals surface area contributed by atoms with E-state index in [4.69, 9.17) is 10.8 Å². The average molecular weight is 165 g/mol. The molecule has 1 atom stereocenters. The van der Waals surface area contributed by atoms with Crippen LogP contribution >= 0.6 is 0 Å². The SMILES string of the molecule is CC(O)Cc1cccc(CN)c1. The third-order valence-electron chi connectivity index (χ3n) is 1.76. The van der Waals surface area contributed by atoms with E-state index in [-0.39, 0.29) is 6.10 Å². The first kappa shape index (κ1) is 9.23.